The van der Waals surface area contributed by atoms with Crippen LogP contribution in [0.4, 0.5) is 5.69 Å². The Kier molecular flexibility index (Phi) is 3.41. The summed E-state index contributed by atoms with van der Waals surface area (Å²) < 4.78 is 9.96. The Bertz CT molecular complexity index is 740. The topological polar surface area (TPSA) is 8.24 Å². The second-order valence-corrected chi connectivity index (χ2v) is 11.3. The van der Waals surface area contributed by atoms with E-state index in [0.717, 1.165) is 16.8 Å². The van der Waals surface area contributed by atoms with Crippen LogP contribution in [-0.2, 0) is 7.05 Å². The van der Waals surface area contributed by atoms with Crippen LogP contribution in [0.5, 0.6) is 0 Å². The molecule has 1 aromatic heterocycles. The standard InChI is InChI=1S/C17H21N2Si/c1-13-7-8-14(18-2)11-16(13)17-10-9-15(12-19(17)3)20(4,5)6/h7-12H,1,3-6H3/q+1/i8D. The van der Waals surface area contributed by atoms with Gasteiger partial charge in [0.25, 0.3) is 0 Å². The molecule has 0 unspecified atom stereocenters. The van der Waals surface area contributed by atoms with E-state index >= 15 is 0 Å². The molecule has 0 aliphatic rings. The molecule has 2 aromatic rings. The summed E-state index contributed by atoms with van der Waals surface area (Å²) in [5.74, 6) is 0. The van der Waals surface area contributed by atoms with Gasteiger partial charge in [-0.3, -0.25) is 0 Å². The molecule has 0 atom stereocenters. The van der Waals surface area contributed by atoms with Gasteiger partial charge in [-0.1, -0.05) is 37.8 Å². The summed E-state index contributed by atoms with van der Waals surface area (Å²) in [6.45, 7) is 16.2. The largest absolute Gasteiger partial charge is 0.238 e. The van der Waals surface area contributed by atoms with Crippen LogP contribution in [0, 0.1) is 13.5 Å². The average molecular weight is 282 g/mol. The fourth-order valence-corrected chi connectivity index (χ4v) is 3.39. The van der Waals surface area contributed by atoms with E-state index in [-0.39, 0.29) is 0 Å². The predicted molar refractivity (Wildman–Crippen MR) is 87.0 cm³/mol. The lowest BCUT2D eigenvalue weighted by Gasteiger charge is -2.15. The molecule has 0 N–H and O–H groups in total. The monoisotopic (exact) mass is 282 g/mol. The normalized spacial score (nSPS) is 11.9. The van der Waals surface area contributed by atoms with E-state index in [9.17, 15) is 0 Å². The zero-order valence-corrected chi connectivity index (χ0v) is 13.8. The molecule has 2 rings (SSSR count). The smallest absolute Gasteiger partial charge is 0.211 e. The zero-order valence-electron chi connectivity index (χ0n) is 13.8. The predicted octanol–water partition coefficient (Wildman–Crippen LogP) is 3.58. The van der Waals surface area contributed by atoms with Crippen LogP contribution in [-0.4, -0.2) is 8.07 Å². The van der Waals surface area contributed by atoms with E-state index < -0.39 is 8.07 Å². The number of rotatable bonds is 2. The Morgan fingerprint density at radius 2 is 1.95 bits per heavy atom. The Morgan fingerprint density at radius 3 is 2.50 bits per heavy atom. The summed E-state index contributed by atoms with van der Waals surface area (Å²) in [5, 5.41) is 1.41. The summed E-state index contributed by atoms with van der Waals surface area (Å²) in [5.41, 5.74) is 3.55. The van der Waals surface area contributed by atoms with E-state index in [1.54, 1.807) is 6.07 Å². The molecule has 1 heterocycles. The summed E-state index contributed by atoms with van der Waals surface area (Å²) in [6, 6.07) is 8.23. The first-order valence-electron chi connectivity index (χ1n) is 7.23. The van der Waals surface area contributed by atoms with Gasteiger partial charge in [-0.25, -0.2) is 9.41 Å². The Morgan fingerprint density at radius 1 is 1.25 bits per heavy atom. The van der Waals surface area contributed by atoms with Gasteiger partial charge in [-0.2, -0.15) is 0 Å². The molecule has 0 amide bonds. The molecule has 0 saturated heterocycles. The van der Waals surface area contributed by atoms with E-state index in [1.807, 2.05) is 20.0 Å². The molecule has 0 radical (unpaired) electrons. The third-order valence-electron chi connectivity index (χ3n) is 3.54. The van der Waals surface area contributed by atoms with Gasteiger partial charge in [0, 0.05) is 18.2 Å². The van der Waals surface area contributed by atoms with Crippen molar-refractivity contribution < 1.29 is 5.94 Å². The van der Waals surface area contributed by atoms with Crippen molar-refractivity contribution in [1.82, 2.24) is 0 Å². The maximum Gasteiger partial charge on any atom is 0.211 e. The quantitative estimate of drug-likeness (QED) is 0.452. The van der Waals surface area contributed by atoms with Gasteiger partial charge < -0.3 is 0 Å². The molecular formula is C17H21N2Si+. The van der Waals surface area contributed by atoms with Crippen molar-refractivity contribution in [2.45, 2.75) is 26.6 Å². The summed E-state index contributed by atoms with van der Waals surface area (Å²) in [6.07, 6.45) is 2.20. The van der Waals surface area contributed by atoms with Crippen molar-refractivity contribution in [2.75, 3.05) is 0 Å². The summed E-state index contributed by atoms with van der Waals surface area (Å²) in [4.78, 5) is 3.44. The molecule has 0 saturated carbocycles. The highest BCUT2D eigenvalue weighted by molar-refractivity contribution is 6.88. The molecule has 20 heavy (non-hydrogen) atoms. The number of hydrogen-bond donors (Lipinski definition) is 0. The first kappa shape index (κ1) is 13.1. The molecule has 102 valence electrons. The number of hydrogen-bond acceptors (Lipinski definition) is 0. The van der Waals surface area contributed by atoms with Gasteiger partial charge in [0.1, 0.15) is 7.05 Å². The highest BCUT2D eigenvalue weighted by atomic mass is 28.3. The fourth-order valence-electron chi connectivity index (χ4n) is 2.22. The number of pyridine rings is 1. The van der Waals surface area contributed by atoms with E-state index in [1.165, 1.54) is 5.19 Å². The van der Waals surface area contributed by atoms with Crippen molar-refractivity contribution in [3.05, 3.63) is 53.5 Å². The van der Waals surface area contributed by atoms with Crippen LogP contribution in [0.25, 0.3) is 16.1 Å². The zero-order chi connectivity index (χ0) is 15.8. The lowest BCUT2D eigenvalue weighted by atomic mass is 10.0. The van der Waals surface area contributed by atoms with Gasteiger partial charge in [-0.05, 0) is 18.6 Å². The van der Waals surface area contributed by atoms with Crippen molar-refractivity contribution >= 4 is 18.9 Å². The van der Waals surface area contributed by atoms with E-state index in [4.69, 9.17) is 7.94 Å². The maximum absolute atomic E-state index is 7.83. The van der Waals surface area contributed by atoms with Crippen molar-refractivity contribution in [2.24, 2.45) is 7.05 Å². The number of nitrogens with zero attached hydrogens (tertiary/aromatic N) is 2. The molecule has 1 aromatic carbocycles. The van der Waals surface area contributed by atoms with Gasteiger partial charge in [-0.15, -0.1) is 0 Å². The van der Waals surface area contributed by atoms with Gasteiger partial charge in [0.2, 0.25) is 5.69 Å². The summed E-state index contributed by atoms with van der Waals surface area (Å²) in [7, 11) is 0.718. The Balaban J connectivity index is 2.61. The molecule has 0 bridgehead atoms. The minimum Gasteiger partial charge on any atom is -0.238 e. The van der Waals surface area contributed by atoms with Gasteiger partial charge in [0.15, 0.2) is 11.9 Å². The highest BCUT2D eigenvalue weighted by Gasteiger charge is 2.21. The minimum atomic E-state index is -1.33. The van der Waals surface area contributed by atoms with Gasteiger partial charge in [0.05, 0.1) is 14.6 Å². The van der Waals surface area contributed by atoms with Crippen molar-refractivity contribution in [1.29, 1.82) is 0 Å². The maximum atomic E-state index is 7.83. The minimum absolute atomic E-state index is 0.299. The first-order chi connectivity index (χ1) is 9.74. The molecule has 0 fully saturated rings. The SMILES string of the molecule is [2H]c1cc(C)c(-c2ccc([Si](C)(C)C)c[n+]2C)cc1[N+]#[C-]. The average Bonchev–Trinajstić information content (AvgIpc) is 2.38. The molecular weight excluding hydrogens is 260 g/mol. The van der Waals surface area contributed by atoms with E-state index in [0.29, 0.717) is 11.7 Å². The van der Waals surface area contributed by atoms with Crippen LogP contribution < -0.4 is 9.75 Å². The Labute approximate surface area is 123 Å². The number of benzene rings is 1. The van der Waals surface area contributed by atoms with Crippen LogP contribution >= 0.6 is 0 Å². The molecule has 3 heteroatoms. The third-order valence-corrected chi connectivity index (χ3v) is 5.57. The highest BCUT2D eigenvalue weighted by Crippen LogP contribution is 2.25. The number of aryl methyl sites for hydroxylation is 2. The lowest BCUT2D eigenvalue weighted by molar-refractivity contribution is -0.659. The Hall–Kier alpha value is -1.92. The second kappa shape index (κ2) is 5.22. The van der Waals surface area contributed by atoms with Gasteiger partial charge >= 0.3 is 0 Å². The second-order valence-electron chi connectivity index (χ2n) is 6.19. The lowest BCUT2D eigenvalue weighted by Crippen LogP contribution is -2.44. The third kappa shape index (κ3) is 2.81. The number of aromatic nitrogens is 1. The van der Waals surface area contributed by atoms with Crippen LogP contribution in [0.1, 0.15) is 6.93 Å². The molecule has 2 nitrogen and oxygen atoms in total. The van der Waals surface area contributed by atoms with Crippen molar-refractivity contribution in [3.63, 3.8) is 0 Å². The van der Waals surface area contributed by atoms with Crippen LogP contribution in [0.3, 0.4) is 0 Å². The fraction of sp³-hybridized carbons (Fsp3) is 0.294. The van der Waals surface area contributed by atoms with Crippen LogP contribution in [0.15, 0.2) is 36.5 Å². The summed E-state index contributed by atoms with van der Waals surface area (Å²) >= 11 is 0. The molecule has 0 aliphatic heterocycles. The van der Waals surface area contributed by atoms with E-state index in [2.05, 4.69) is 47.4 Å². The first-order valence-corrected chi connectivity index (χ1v) is 10.2. The molecule has 0 aliphatic carbocycles. The van der Waals surface area contributed by atoms with Crippen molar-refractivity contribution in [3.8, 4) is 11.3 Å². The molecule has 0 spiro atoms. The van der Waals surface area contributed by atoms with Crippen LogP contribution in [0.2, 0.25) is 19.6 Å².